The Bertz CT molecular complexity index is 518. The van der Waals surface area contributed by atoms with Crippen molar-refractivity contribution in [3.63, 3.8) is 0 Å². The van der Waals surface area contributed by atoms with Gasteiger partial charge in [0.05, 0.1) is 18.3 Å². The third-order valence-corrected chi connectivity index (χ3v) is 4.11. The molecule has 1 aliphatic rings. The molecule has 0 spiro atoms. The highest BCUT2D eigenvalue weighted by atomic mass is 16.5. The number of carbonyl (C=O) groups excluding carboxylic acids is 1. The van der Waals surface area contributed by atoms with E-state index in [1.165, 1.54) is 7.11 Å². The largest absolute Gasteiger partial charge is 0.496 e. The Labute approximate surface area is 125 Å². The standard InChI is InChI=1S/C16H24N2O3/c1-11-4-3-7-16(20,9-11)10-18-15(19)13-8-12(17)5-6-14(13)21-2/h5-6,8,11,20H,3-4,7,9-10,17H2,1-2H3,(H,18,19). The van der Waals surface area contributed by atoms with Crippen LogP contribution in [0, 0.1) is 5.92 Å². The van der Waals surface area contributed by atoms with Crippen LogP contribution in [0.3, 0.4) is 0 Å². The van der Waals surface area contributed by atoms with Gasteiger partial charge in [0.2, 0.25) is 0 Å². The van der Waals surface area contributed by atoms with Gasteiger partial charge in [-0.25, -0.2) is 0 Å². The lowest BCUT2D eigenvalue weighted by Gasteiger charge is -2.35. The summed E-state index contributed by atoms with van der Waals surface area (Å²) in [6.07, 6.45) is 3.58. The van der Waals surface area contributed by atoms with Crippen molar-refractivity contribution in [2.24, 2.45) is 5.92 Å². The second-order valence-electron chi connectivity index (χ2n) is 6.07. The van der Waals surface area contributed by atoms with Crippen molar-refractivity contribution < 1.29 is 14.6 Å². The number of hydrogen-bond donors (Lipinski definition) is 3. The van der Waals surface area contributed by atoms with E-state index in [4.69, 9.17) is 10.5 Å². The molecule has 0 aromatic heterocycles. The smallest absolute Gasteiger partial charge is 0.255 e. The highest BCUT2D eigenvalue weighted by Crippen LogP contribution is 2.31. The number of aliphatic hydroxyl groups is 1. The van der Waals surface area contributed by atoms with Crippen LogP contribution in [0.5, 0.6) is 5.75 Å². The molecule has 0 aliphatic heterocycles. The Balaban J connectivity index is 2.03. The summed E-state index contributed by atoms with van der Waals surface area (Å²) < 4.78 is 5.18. The fourth-order valence-corrected chi connectivity index (χ4v) is 3.04. The third kappa shape index (κ3) is 3.88. The molecule has 2 rings (SSSR count). The maximum Gasteiger partial charge on any atom is 0.255 e. The van der Waals surface area contributed by atoms with Crippen molar-refractivity contribution in [3.05, 3.63) is 23.8 Å². The molecule has 0 saturated heterocycles. The molecular weight excluding hydrogens is 268 g/mol. The number of nitrogen functional groups attached to an aromatic ring is 1. The highest BCUT2D eigenvalue weighted by molar-refractivity contribution is 5.97. The van der Waals surface area contributed by atoms with Crippen LogP contribution in [-0.4, -0.2) is 30.3 Å². The van der Waals surface area contributed by atoms with E-state index < -0.39 is 5.60 Å². The SMILES string of the molecule is COc1ccc(N)cc1C(=O)NCC1(O)CCCC(C)C1. The van der Waals surface area contributed by atoms with Gasteiger partial charge >= 0.3 is 0 Å². The minimum atomic E-state index is -0.805. The number of ether oxygens (including phenoxy) is 1. The second-order valence-corrected chi connectivity index (χ2v) is 6.07. The van der Waals surface area contributed by atoms with Crippen LogP contribution in [0.4, 0.5) is 5.69 Å². The van der Waals surface area contributed by atoms with Crippen LogP contribution in [0.25, 0.3) is 0 Å². The summed E-state index contributed by atoms with van der Waals surface area (Å²) in [6, 6.07) is 4.94. The van der Waals surface area contributed by atoms with E-state index >= 15 is 0 Å². The van der Waals surface area contributed by atoms with Crippen molar-refractivity contribution in [2.45, 2.75) is 38.2 Å². The minimum absolute atomic E-state index is 0.258. The van der Waals surface area contributed by atoms with Crippen LogP contribution in [0.2, 0.25) is 0 Å². The fraction of sp³-hybridized carbons (Fsp3) is 0.562. The molecule has 5 heteroatoms. The summed E-state index contributed by atoms with van der Waals surface area (Å²) in [5, 5.41) is 13.4. The topological polar surface area (TPSA) is 84.6 Å². The second kappa shape index (κ2) is 6.35. The van der Waals surface area contributed by atoms with Crippen LogP contribution in [0.1, 0.15) is 43.0 Å². The zero-order chi connectivity index (χ0) is 15.5. The number of amides is 1. The number of rotatable bonds is 4. The third-order valence-electron chi connectivity index (χ3n) is 4.11. The zero-order valence-corrected chi connectivity index (χ0v) is 12.7. The normalized spacial score (nSPS) is 25.4. The maximum absolute atomic E-state index is 12.3. The molecule has 1 saturated carbocycles. The van der Waals surface area contributed by atoms with E-state index in [2.05, 4.69) is 12.2 Å². The van der Waals surface area contributed by atoms with E-state index in [1.807, 2.05) is 0 Å². The molecule has 0 bridgehead atoms. The Morgan fingerprint density at radius 2 is 2.33 bits per heavy atom. The molecule has 1 fully saturated rings. The summed E-state index contributed by atoms with van der Waals surface area (Å²) in [6.45, 7) is 2.39. The Hall–Kier alpha value is -1.75. The Kier molecular flexibility index (Phi) is 4.73. The van der Waals surface area contributed by atoms with Crippen molar-refractivity contribution >= 4 is 11.6 Å². The van der Waals surface area contributed by atoms with Gasteiger partial charge < -0.3 is 20.9 Å². The molecule has 1 amide bonds. The number of methoxy groups -OCH3 is 1. The quantitative estimate of drug-likeness (QED) is 0.741. The monoisotopic (exact) mass is 292 g/mol. The van der Waals surface area contributed by atoms with Crippen LogP contribution in [0.15, 0.2) is 18.2 Å². The summed E-state index contributed by atoms with van der Waals surface area (Å²) in [4.78, 5) is 12.3. The summed E-state index contributed by atoms with van der Waals surface area (Å²) >= 11 is 0. The first-order chi connectivity index (χ1) is 9.93. The molecule has 0 radical (unpaired) electrons. The van der Waals surface area contributed by atoms with Gasteiger partial charge in [-0.2, -0.15) is 0 Å². The van der Waals surface area contributed by atoms with Crippen molar-refractivity contribution in [3.8, 4) is 5.75 Å². The molecule has 0 heterocycles. The molecule has 1 aliphatic carbocycles. The van der Waals surface area contributed by atoms with Crippen molar-refractivity contribution in [1.29, 1.82) is 0 Å². The number of nitrogens with two attached hydrogens (primary N) is 1. The Morgan fingerprint density at radius 1 is 1.57 bits per heavy atom. The van der Waals surface area contributed by atoms with Gasteiger partial charge in [-0.3, -0.25) is 4.79 Å². The van der Waals surface area contributed by atoms with Crippen LogP contribution in [-0.2, 0) is 0 Å². The lowest BCUT2D eigenvalue weighted by molar-refractivity contribution is -0.0109. The van der Waals surface area contributed by atoms with E-state index in [-0.39, 0.29) is 12.5 Å². The molecule has 116 valence electrons. The fourth-order valence-electron chi connectivity index (χ4n) is 3.04. The van der Waals surface area contributed by atoms with Gasteiger partial charge in [0.1, 0.15) is 5.75 Å². The first-order valence-corrected chi connectivity index (χ1v) is 7.37. The zero-order valence-electron chi connectivity index (χ0n) is 12.7. The van der Waals surface area contributed by atoms with Gasteiger partial charge in [0.15, 0.2) is 0 Å². The molecule has 2 atom stereocenters. The Morgan fingerprint density at radius 3 is 3.00 bits per heavy atom. The summed E-state index contributed by atoms with van der Waals surface area (Å²) in [5.41, 5.74) is 5.81. The summed E-state index contributed by atoms with van der Waals surface area (Å²) in [7, 11) is 1.51. The molecule has 5 nitrogen and oxygen atoms in total. The number of anilines is 1. The van der Waals surface area contributed by atoms with Gasteiger partial charge in [-0.15, -0.1) is 0 Å². The van der Waals surface area contributed by atoms with Gasteiger partial charge in [0.25, 0.3) is 5.91 Å². The van der Waals surface area contributed by atoms with Gasteiger partial charge in [-0.1, -0.05) is 19.8 Å². The van der Waals surface area contributed by atoms with E-state index in [9.17, 15) is 9.90 Å². The number of carbonyl (C=O) groups is 1. The molecule has 4 N–H and O–H groups in total. The highest BCUT2D eigenvalue weighted by Gasteiger charge is 2.33. The van der Waals surface area contributed by atoms with Gasteiger partial charge in [-0.05, 0) is 37.0 Å². The molecule has 21 heavy (non-hydrogen) atoms. The minimum Gasteiger partial charge on any atom is -0.496 e. The molecule has 1 aromatic rings. The number of hydrogen-bond acceptors (Lipinski definition) is 4. The number of nitrogens with one attached hydrogen (secondary N) is 1. The first-order valence-electron chi connectivity index (χ1n) is 7.37. The molecule has 1 aromatic carbocycles. The lowest BCUT2D eigenvalue weighted by Crippen LogP contribution is -2.45. The van der Waals surface area contributed by atoms with Crippen molar-refractivity contribution in [2.75, 3.05) is 19.4 Å². The lowest BCUT2D eigenvalue weighted by atomic mass is 9.79. The first kappa shape index (κ1) is 15.6. The number of benzene rings is 1. The van der Waals surface area contributed by atoms with E-state index in [0.29, 0.717) is 22.9 Å². The average Bonchev–Trinajstić information content (AvgIpc) is 2.44. The predicted octanol–water partition coefficient (Wildman–Crippen LogP) is 1.95. The van der Waals surface area contributed by atoms with E-state index in [0.717, 1.165) is 25.7 Å². The average molecular weight is 292 g/mol. The van der Waals surface area contributed by atoms with E-state index in [1.54, 1.807) is 18.2 Å². The van der Waals surface area contributed by atoms with Crippen LogP contribution < -0.4 is 15.8 Å². The predicted molar refractivity (Wildman–Crippen MR) is 82.3 cm³/mol. The summed E-state index contributed by atoms with van der Waals surface area (Å²) in [5.74, 6) is 0.694. The maximum atomic E-state index is 12.3. The van der Waals surface area contributed by atoms with Gasteiger partial charge in [0, 0.05) is 12.2 Å². The van der Waals surface area contributed by atoms with Crippen molar-refractivity contribution in [1.82, 2.24) is 5.32 Å². The molecule has 2 unspecified atom stereocenters. The van der Waals surface area contributed by atoms with Crippen LogP contribution >= 0.6 is 0 Å². The molecular formula is C16H24N2O3.